The second-order valence-electron chi connectivity index (χ2n) is 3.53. The van der Waals surface area contributed by atoms with Crippen molar-refractivity contribution in [3.63, 3.8) is 0 Å². The van der Waals surface area contributed by atoms with E-state index in [9.17, 15) is 0 Å². The third-order valence-electron chi connectivity index (χ3n) is 2.01. The largest absolute Gasteiger partial charge is 0.352 e. The van der Waals surface area contributed by atoms with Crippen LogP contribution in [0.3, 0.4) is 0 Å². The van der Waals surface area contributed by atoms with E-state index >= 15 is 0 Å². The van der Waals surface area contributed by atoms with Gasteiger partial charge in [-0.15, -0.1) is 0 Å². The lowest BCUT2D eigenvalue weighted by Gasteiger charge is -1.91. The van der Waals surface area contributed by atoms with Crippen molar-refractivity contribution in [2.45, 2.75) is 19.8 Å². The van der Waals surface area contributed by atoms with Crippen molar-refractivity contribution in [2.75, 3.05) is 0 Å². The van der Waals surface area contributed by atoms with Crippen LogP contribution >= 0.6 is 0 Å². The van der Waals surface area contributed by atoms with E-state index in [1.165, 1.54) is 0 Å². The molecule has 0 atom stereocenters. The van der Waals surface area contributed by atoms with Crippen molar-refractivity contribution in [1.29, 1.82) is 5.26 Å². The predicted octanol–water partition coefficient (Wildman–Crippen LogP) is 2.06. The second-order valence-corrected chi connectivity index (χ2v) is 3.53. The topological polar surface area (TPSA) is 78.5 Å². The van der Waals surface area contributed by atoms with Crippen LogP contribution in [0.2, 0.25) is 0 Å². The van der Waals surface area contributed by atoms with Crippen LogP contribution in [0.4, 0.5) is 0 Å². The zero-order valence-corrected chi connectivity index (χ0v) is 8.48. The van der Waals surface area contributed by atoms with E-state index in [2.05, 4.69) is 15.1 Å². The van der Waals surface area contributed by atoms with Gasteiger partial charge in [0.2, 0.25) is 0 Å². The molecule has 0 aromatic carbocycles. The molecule has 2 aromatic rings. The highest BCUT2D eigenvalue weighted by molar-refractivity contribution is 5.54. The van der Waals surface area contributed by atoms with E-state index in [0.29, 0.717) is 17.4 Å². The molecule has 2 aromatic heterocycles. The summed E-state index contributed by atoms with van der Waals surface area (Å²) in [6.07, 6.45) is 1.68. The summed E-state index contributed by atoms with van der Waals surface area (Å²) in [5.74, 6) is 1.35. The van der Waals surface area contributed by atoms with Gasteiger partial charge in [-0.25, -0.2) is 0 Å². The third-order valence-corrected chi connectivity index (χ3v) is 2.01. The molecule has 5 nitrogen and oxygen atoms in total. The molecule has 2 rings (SSSR count). The zero-order chi connectivity index (χ0) is 10.8. The summed E-state index contributed by atoms with van der Waals surface area (Å²) in [5.41, 5.74) is 1.22. The molecule has 0 spiro atoms. The Morgan fingerprint density at radius 2 is 2.33 bits per heavy atom. The summed E-state index contributed by atoms with van der Waals surface area (Å²) < 4.78 is 5.08. The van der Waals surface area contributed by atoms with Crippen molar-refractivity contribution < 1.29 is 4.52 Å². The Hall–Kier alpha value is -2.09. The molecule has 1 N–H and O–H groups in total. The molecule has 0 amide bonds. The minimum atomic E-state index is 0.233. The van der Waals surface area contributed by atoms with E-state index in [0.717, 1.165) is 5.56 Å². The zero-order valence-electron chi connectivity index (χ0n) is 8.48. The minimum Gasteiger partial charge on any atom is -0.352 e. The lowest BCUT2D eigenvalue weighted by molar-refractivity contribution is 0.419. The molecular weight excluding hydrogens is 192 g/mol. The van der Waals surface area contributed by atoms with Gasteiger partial charge in [-0.3, -0.25) is 0 Å². The van der Waals surface area contributed by atoms with Crippen molar-refractivity contribution in [3.8, 4) is 17.5 Å². The van der Waals surface area contributed by atoms with Crippen LogP contribution in [0, 0.1) is 11.3 Å². The Bertz CT molecular complexity index is 503. The monoisotopic (exact) mass is 202 g/mol. The van der Waals surface area contributed by atoms with Crippen LogP contribution in [-0.4, -0.2) is 15.1 Å². The van der Waals surface area contributed by atoms with Gasteiger partial charge in [-0.2, -0.15) is 10.2 Å². The quantitative estimate of drug-likeness (QED) is 0.808. The molecule has 0 unspecified atom stereocenters. The first kappa shape index (κ1) is 9.46. The van der Waals surface area contributed by atoms with Gasteiger partial charge < -0.3 is 9.51 Å². The number of hydrogen-bond donors (Lipinski definition) is 1. The van der Waals surface area contributed by atoms with Crippen molar-refractivity contribution in [2.24, 2.45) is 0 Å². The molecule has 0 aliphatic carbocycles. The Balaban J connectivity index is 2.34. The highest BCUT2D eigenvalue weighted by Gasteiger charge is 2.12. The molecule has 0 aliphatic rings. The molecule has 15 heavy (non-hydrogen) atoms. The van der Waals surface area contributed by atoms with Crippen LogP contribution < -0.4 is 0 Å². The maximum atomic E-state index is 8.64. The summed E-state index contributed by atoms with van der Waals surface area (Å²) in [4.78, 5) is 7.02. The summed E-state index contributed by atoms with van der Waals surface area (Å²) in [6, 6.07) is 3.68. The number of aromatic amines is 1. The average Bonchev–Trinajstić information content (AvgIpc) is 2.86. The maximum absolute atomic E-state index is 8.64. The Labute approximate surface area is 86.7 Å². The fourth-order valence-corrected chi connectivity index (χ4v) is 1.17. The number of aromatic nitrogens is 3. The Morgan fingerprint density at radius 3 is 2.87 bits per heavy atom. The van der Waals surface area contributed by atoms with Gasteiger partial charge in [-0.05, 0) is 6.07 Å². The Morgan fingerprint density at radius 1 is 1.53 bits per heavy atom. The van der Waals surface area contributed by atoms with Crippen LogP contribution in [-0.2, 0) is 0 Å². The van der Waals surface area contributed by atoms with Gasteiger partial charge in [0.1, 0.15) is 11.8 Å². The number of H-pyrrole nitrogens is 1. The fourth-order valence-electron chi connectivity index (χ4n) is 1.17. The van der Waals surface area contributed by atoms with Gasteiger partial charge in [-0.1, -0.05) is 19.0 Å². The van der Waals surface area contributed by atoms with E-state index < -0.39 is 0 Å². The van der Waals surface area contributed by atoms with E-state index in [1.807, 2.05) is 19.9 Å². The van der Waals surface area contributed by atoms with Gasteiger partial charge >= 0.3 is 0 Å². The number of nitrogens with zero attached hydrogens (tertiary/aromatic N) is 3. The van der Waals surface area contributed by atoms with E-state index in [4.69, 9.17) is 9.78 Å². The van der Waals surface area contributed by atoms with Gasteiger partial charge in [0.05, 0.1) is 5.56 Å². The van der Waals surface area contributed by atoms with Crippen molar-refractivity contribution in [1.82, 2.24) is 15.1 Å². The smallest absolute Gasteiger partial charge is 0.259 e. The minimum absolute atomic E-state index is 0.233. The summed E-state index contributed by atoms with van der Waals surface area (Å²) in [6.45, 7) is 3.99. The number of nitrogens with one attached hydrogen (secondary N) is 1. The summed E-state index contributed by atoms with van der Waals surface area (Å²) in [7, 11) is 0. The first-order valence-electron chi connectivity index (χ1n) is 4.63. The van der Waals surface area contributed by atoms with Crippen LogP contribution in [0.5, 0.6) is 0 Å². The molecule has 0 fully saturated rings. The molecule has 2 heterocycles. The SMILES string of the molecule is CC(C)c1noc(-c2c[nH]c(C#N)c2)n1. The standard InChI is InChI=1S/C10H10N4O/c1-6(2)9-13-10(15-14-9)7-3-8(4-11)12-5-7/h3,5-6,12H,1-2H3. The van der Waals surface area contributed by atoms with Crippen LogP contribution in [0.1, 0.15) is 31.3 Å². The molecule has 0 saturated heterocycles. The first-order chi connectivity index (χ1) is 7.20. The third kappa shape index (κ3) is 1.74. The number of rotatable bonds is 2. The van der Waals surface area contributed by atoms with Gasteiger partial charge in [0, 0.05) is 12.1 Å². The fraction of sp³-hybridized carbons (Fsp3) is 0.300. The Kier molecular flexibility index (Phi) is 2.26. The van der Waals surface area contributed by atoms with Crippen LogP contribution in [0.25, 0.3) is 11.5 Å². The van der Waals surface area contributed by atoms with Crippen LogP contribution in [0.15, 0.2) is 16.8 Å². The van der Waals surface area contributed by atoms with Gasteiger partial charge in [0.15, 0.2) is 5.82 Å². The molecular formula is C10H10N4O. The van der Waals surface area contributed by atoms with Gasteiger partial charge in [0.25, 0.3) is 5.89 Å². The van der Waals surface area contributed by atoms with Crippen molar-refractivity contribution in [3.05, 3.63) is 23.8 Å². The molecule has 0 saturated carbocycles. The lowest BCUT2D eigenvalue weighted by Crippen LogP contribution is -1.88. The summed E-state index contributed by atoms with van der Waals surface area (Å²) >= 11 is 0. The molecule has 76 valence electrons. The second kappa shape index (κ2) is 3.58. The highest BCUT2D eigenvalue weighted by Crippen LogP contribution is 2.20. The normalized spacial score (nSPS) is 10.5. The van der Waals surface area contributed by atoms with E-state index in [-0.39, 0.29) is 5.92 Å². The number of nitriles is 1. The summed E-state index contributed by atoms with van der Waals surface area (Å²) in [5, 5.41) is 12.5. The highest BCUT2D eigenvalue weighted by atomic mass is 16.5. The number of hydrogen-bond acceptors (Lipinski definition) is 4. The molecule has 0 bridgehead atoms. The molecule has 0 aliphatic heterocycles. The molecule has 5 heteroatoms. The first-order valence-corrected chi connectivity index (χ1v) is 4.63. The lowest BCUT2D eigenvalue weighted by atomic mass is 10.2. The maximum Gasteiger partial charge on any atom is 0.259 e. The van der Waals surface area contributed by atoms with Crippen molar-refractivity contribution >= 4 is 0 Å². The predicted molar refractivity (Wildman–Crippen MR) is 52.9 cm³/mol. The average molecular weight is 202 g/mol. The molecule has 0 radical (unpaired) electrons. The van der Waals surface area contributed by atoms with E-state index in [1.54, 1.807) is 12.3 Å².